The van der Waals surface area contributed by atoms with Gasteiger partial charge < -0.3 is 0 Å². The first-order chi connectivity index (χ1) is 13.2. The molecule has 0 amide bonds. The Morgan fingerprint density at radius 2 is 1.56 bits per heavy atom. The number of benzene rings is 3. The van der Waals surface area contributed by atoms with E-state index in [9.17, 15) is 0 Å². The normalized spacial score (nSPS) is 15.0. The molecule has 3 aromatic carbocycles. The highest BCUT2D eigenvalue weighted by Gasteiger charge is 2.21. The van der Waals surface area contributed by atoms with Crippen molar-refractivity contribution in [2.24, 2.45) is 7.05 Å². The van der Waals surface area contributed by atoms with Gasteiger partial charge in [0, 0.05) is 6.07 Å². The van der Waals surface area contributed by atoms with E-state index in [1.54, 1.807) is 0 Å². The molecule has 134 valence electrons. The SMILES string of the molecule is Cc1cc2ccccc2cc1-c1c2ccc(C3CCCC3)cc2cc[n+]1C. The molecule has 0 unspecified atom stereocenters. The summed E-state index contributed by atoms with van der Waals surface area (Å²) in [6.45, 7) is 2.23. The first-order valence-corrected chi connectivity index (χ1v) is 10.1. The fourth-order valence-corrected chi connectivity index (χ4v) is 4.85. The molecule has 0 N–H and O–H groups in total. The van der Waals surface area contributed by atoms with Gasteiger partial charge in [-0.25, -0.2) is 4.57 Å². The van der Waals surface area contributed by atoms with E-state index in [4.69, 9.17) is 0 Å². The van der Waals surface area contributed by atoms with Crippen molar-refractivity contribution in [3.63, 3.8) is 0 Å². The lowest BCUT2D eigenvalue weighted by Gasteiger charge is -2.13. The van der Waals surface area contributed by atoms with Crippen LogP contribution in [0.3, 0.4) is 0 Å². The lowest BCUT2D eigenvalue weighted by Crippen LogP contribution is -2.30. The van der Waals surface area contributed by atoms with Gasteiger partial charge >= 0.3 is 0 Å². The lowest BCUT2D eigenvalue weighted by atomic mass is 9.92. The van der Waals surface area contributed by atoms with Gasteiger partial charge in [0.1, 0.15) is 7.05 Å². The fourth-order valence-electron chi connectivity index (χ4n) is 4.85. The minimum Gasteiger partial charge on any atom is -0.200 e. The smallest absolute Gasteiger partial charge is 0.200 e. The molecular weight excluding hydrogens is 326 g/mol. The highest BCUT2D eigenvalue weighted by atomic mass is 14.9. The molecule has 27 heavy (non-hydrogen) atoms. The largest absolute Gasteiger partial charge is 0.220 e. The van der Waals surface area contributed by atoms with Crippen LogP contribution >= 0.6 is 0 Å². The lowest BCUT2D eigenvalue weighted by molar-refractivity contribution is -0.659. The average molecular weight is 353 g/mol. The molecule has 1 nitrogen and oxygen atoms in total. The summed E-state index contributed by atoms with van der Waals surface area (Å²) >= 11 is 0. The molecule has 1 heteroatoms. The molecule has 5 rings (SSSR count). The van der Waals surface area contributed by atoms with Crippen molar-refractivity contribution in [3.8, 4) is 11.3 Å². The first-order valence-electron chi connectivity index (χ1n) is 10.1. The molecule has 0 aliphatic heterocycles. The summed E-state index contributed by atoms with van der Waals surface area (Å²) in [5.74, 6) is 0.759. The van der Waals surface area contributed by atoms with Gasteiger partial charge in [-0.1, -0.05) is 55.3 Å². The van der Waals surface area contributed by atoms with E-state index in [2.05, 4.69) is 85.4 Å². The van der Waals surface area contributed by atoms with Gasteiger partial charge in [-0.2, -0.15) is 0 Å². The second-order valence-corrected chi connectivity index (χ2v) is 8.12. The van der Waals surface area contributed by atoms with E-state index in [0.29, 0.717) is 0 Å². The van der Waals surface area contributed by atoms with Crippen LogP contribution in [0.15, 0.2) is 66.9 Å². The maximum atomic E-state index is 2.44. The average Bonchev–Trinajstić information content (AvgIpc) is 3.22. The van der Waals surface area contributed by atoms with E-state index in [1.165, 1.54) is 69.6 Å². The Kier molecular flexibility index (Phi) is 3.97. The molecule has 0 radical (unpaired) electrons. The van der Waals surface area contributed by atoms with Crippen LogP contribution in [0.1, 0.15) is 42.7 Å². The zero-order chi connectivity index (χ0) is 18.4. The van der Waals surface area contributed by atoms with Gasteiger partial charge in [-0.05, 0) is 65.1 Å². The molecule has 1 saturated carbocycles. The molecule has 1 fully saturated rings. The van der Waals surface area contributed by atoms with Crippen LogP contribution in [-0.4, -0.2) is 0 Å². The van der Waals surface area contributed by atoms with E-state index >= 15 is 0 Å². The number of fused-ring (bicyclic) bond motifs is 2. The van der Waals surface area contributed by atoms with Crippen LogP contribution in [0.2, 0.25) is 0 Å². The standard InChI is InChI=1S/C26H26N/c1-18-15-20-9-5-6-10-21(20)17-25(18)26-24-12-11-22(19-7-3-4-8-19)16-23(24)13-14-27(26)2/h5-6,9-17,19H,3-4,7-8H2,1-2H3/q+1. The molecule has 1 aliphatic rings. The molecule has 0 atom stereocenters. The Labute approximate surface area is 161 Å². The van der Waals surface area contributed by atoms with Crippen molar-refractivity contribution < 1.29 is 4.57 Å². The highest BCUT2D eigenvalue weighted by molar-refractivity contribution is 5.97. The molecule has 0 saturated heterocycles. The zero-order valence-corrected chi connectivity index (χ0v) is 16.2. The predicted octanol–water partition coefficient (Wildman–Crippen LogP) is 6.45. The minimum absolute atomic E-state index is 0.759. The Morgan fingerprint density at radius 3 is 2.33 bits per heavy atom. The van der Waals surface area contributed by atoms with Crippen molar-refractivity contribution in [3.05, 3.63) is 78.0 Å². The first kappa shape index (κ1) is 16.5. The second-order valence-electron chi connectivity index (χ2n) is 8.12. The van der Waals surface area contributed by atoms with Crippen molar-refractivity contribution >= 4 is 21.5 Å². The Balaban J connectivity index is 1.72. The van der Waals surface area contributed by atoms with Crippen LogP contribution in [0.4, 0.5) is 0 Å². The number of aryl methyl sites for hydroxylation is 2. The van der Waals surface area contributed by atoms with Crippen molar-refractivity contribution in [2.75, 3.05) is 0 Å². The molecular formula is C26H26N+. The summed E-state index contributed by atoms with van der Waals surface area (Å²) in [5, 5.41) is 5.32. The highest BCUT2D eigenvalue weighted by Crippen LogP contribution is 2.37. The third-order valence-corrected chi connectivity index (χ3v) is 6.34. The summed E-state index contributed by atoms with van der Waals surface area (Å²) in [4.78, 5) is 0. The second kappa shape index (κ2) is 6.49. The molecule has 4 aromatic rings. The van der Waals surface area contributed by atoms with E-state index in [-0.39, 0.29) is 0 Å². The van der Waals surface area contributed by atoms with Gasteiger partial charge in [-0.15, -0.1) is 0 Å². The van der Waals surface area contributed by atoms with Crippen LogP contribution < -0.4 is 4.57 Å². The maximum absolute atomic E-state index is 2.44. The van der Waals surface area contributed by atoms with Crippen LogP contribution in [0.25, 0.3) is 32.8 Å². The third kappa shape index (κ3) is 2.82. The van der Waals surface area contributed by atoms with Crippen molar-refractivity contribution in [1.82, 2.24) is 0 Å². The monoisotopic (exact) mass is 352 g/mol. The Bertz CT molecular complexity index is 1150. The van der Waals surface area contributed by atoms with Gasteiger partial charge in [0.25, 0.3) is 0 Å². The number of hydrogen-bond donors (Lipinski definition) is 0. The van der Waals surface area contributed by atoms with E-state index < -0.39 is 0 Å². The number of hydrogen-bond acceptors (Lipinski definition) is 0. The van der Waals surface area contributed by atoms with Gasteiger partial charge in [0.15, 0.2) is 6.20 Å². The summed E-state index contributed by atoms with van der Waals surface area (Å²) in [6, 6.07) is 22.7. The molecule has 1 aliphatic carbocycles. The summed E-state index contributed by atoms with van der Waals surface area (Å²) in [7, 11) is 2.16. The molecule has 1 aromatic heterocycles. The summed E-state index contributed by atoms with van der Waals surface area (Å²) < 4.78 is 2.27. The molecule has 0 bridgehead atoms. The van der Waals surface area contributed by atoms with E-state index in [1.807, 2.05) is 0 Å². The van der Waals surface area contributed by atoms with Crippen molar-refractivity contribution in [1.29, 1.82) is 0 Å². The van der Waals surface area contributed by atoms with Crippen LogP contribution in [-0.2, 0) is 7.05 Å². The maximum Gasteiger partial charge on any atom is 0.220 e. The number of pyridine rings is 1. The Hall–Kier alpha value is -2.67. The molecule has 0 spiro atoms. The topological polar surface area (TPSA) is 3.88 Å². The van der Waals surface area contributed by atoms with E-state index in [0.717, 1.165) is 5.92 Å². The van der Waals surface area contributed by atoms with Crippen molar-refractivity contribution in [2.45, 2.75) is 38.5 Å². The van der Waals surface area contributed by atoms with Gasteiger partial charge in [-0.3, -0.25) is 0 Å². The fraction of sp³-hybridized carbons (Fsp3) is 0.269. The minimum atomic E-state index is 0.759. The summed E-state index contributed by atoms with van der Waals surface area (Å²) in [6.07, 6.45) is 7.68. The predicted molar refractivity (Wildman–Crippen MR) is 114 cm³/mol. The van der Waals surface area contributed by atoms with Crippen LogP contribution in [0.5, 0.6) is 0 Å². The number of aromatic nitrogens is 1. The van der Waals surface area contributed by atoms with Crippen LogP contribution in [0, 0.1) is 6.92 Å². The summed E-state index contributed by atoms with van der Waals surface area (Å²) in [5.41, 5.74) is 5.50. The van der Waals surface area contributed by atoms with Gasteiger partial charge in [0.2, 0.25) is 5.69 Å². The number of rotatable bonds is 2. The number of nitrogens with zero attached hydrogens (tertiary/aromatic N) is 1. The Morgan fingerprint density at radius 1 is 0.815 bits per heavy atom. The third-order valence-electron chi connectivity index (χ3n) is 6.34. The quantitative estimate of drug-likeness (QED) is 0.365. The molecule has 1 heterocycles. The van der Waals surface area contributed by atoms with Gasteiger partial charge in [0.05, 0.1) is 10.9 Å². The zero-order valence-electron chi connectivity index (χ0n) is 16.2.